The van der Waals surface area contributed by atoms with Crippen molar-refractivity contribution in [2.24, 2.45) is 4.99 Å². The van der Waals surface area contributed by atoms with Crippen molar-refractivity contribution in [3.63, 3.8) is 0 Å². The molecule has 4 aromatic rings. The zero-order chi connectivity index (χ0) is 21.6. The van der Waals surface area contributed by atoms with E-state index in [0.29, 0.717) is 29.4 Å². The van der Waals surface area contributed by atoms with Crippen molar-refractivity contribution in [1.29, 1.82) is 0 Å². The number of aromatic nitrogens is 3. The quantitative estimate of drug-likeness (QED) is 0.500. The molecule has 1 unspecified atom stereocenters. The molecule has 31 heavy (non-hydrogen) atoms. The number of anilines is 2. The van der Waals surface area contributed by atoms with Crippen molar-refractivity contribution >= 4 is 23.4 Å². The first-order valence-electron chi connectivity index (χ1n) is 9.47. The van der Waals surface area contributed by atoms with Crippen LogP contribution in [0.4, 0.5) is 24.7 Å². The molecule has 2 N–H and O–H groups in total. The standard InChI is InChI=1S/C22H16F3N5O/c23-22(24,25)19(31)13-3-5-17(6-4-13)28-20-21-27-7-8-30(21)12-18(29-20)14-1-2-15-10-26-11-16(15)9-14/h1-10,12,19,31H,11H2,(H,28,29). The Balaban J connectivity index is 1.48. The van der Waals surface area contributed by atoms with Crippen LogP contribution in [0, 0.1) is 0 Å². The van der Waals surface area contributed by atoms with Gasteiger partial charge in [-0.1, -0.05) is 24.3 Å². The molecule has 156 valence electrons. The lowest BCUT2D eigenvalue weighted by Crippen LogP contribution is -2.20. The molecule has 0 radical (unpaired) electrons. The van der Waals surface area contributed by atoms with Crippen LogP contribution in [0.15, 0.2) is 66.0 Å². The van der Waals surface area contributed by atoms with Gasteiger partial charge < -0.3 is 14.8 Å². The summed E-state index contributed by atoms with van der Waals surface area (Å²) in [6.07, 6.45) is -0.0821. The molecule has 9 heteroatoms. The van der Waals surface area contributed by atoms with Crippen LogP contribution in [-0.4, -0.2) is 31.9 Å². The highest BCUT2D eigenvalue weighted by Gasteiger charge is 2.39. The number of aliphatic hydroxyl groups is 1. The summed E-state index contributed by atoms with van der Waals surface area (Å²) in [5, 5.41) is 12.5. The Morgan fingerprint density at radius 3 is 2.68 bits per heavy atom. The average Bonchev–Trinajstić information content (AvgIpc) is 3.41. The monoisotopic (exact) mass is 423 g/mol. The Morgan fingerprint density at radius 1 is 1.10 bits per heavy atom. The number of aliphatic imine (C=N–C) groups is 1. The van der Waals surface area contributed by atoms with Gasteiger partial charge in [0, 0.05) is 36.1 Å². The van der Waals surface area contributed by atoms with Crippen LogP contribution in [0.1, 0.15) is 22.8 Å². The first-order chi connectivity index (χ1) is 14.9. The lowest BCUT2D eigenvalue weighted by molar-refractivity contribution is -0.206. The number of nitrogens with one attached hydrogen (secondary N) is 1. The molecule has 1 aliphatic rings. The molecule has 0 saturated heterocycles. The molecule has 3 heterocycles. The van der Waals surface area contributed by atoms with Gasteiger partial charge in [-0.2, -0.15) is 13.2 Å². The number of benzene rings is 2. The van der Waals surface area contributed by atoms with E-state index < -0.39 is 12.3 Å². The number of hydrogen-bond donors (Lipinski definition) is 2. The number of imidazole rings is 1. The molecule has 0 fully saturated rings. The minimum Gasteiger partial charge on any atom is -0.379 e. The van der Waals surface area contributed by atoms with Crippen LogP contribution in [-0.2, 0) is 6.54 Å². The van der Waals surface area contributed by atoms with Gasteiger partial charge in [0.05, 0.1) is 12.2 Å². The van der Waals surface area contributed by atoms with Gasteiger partial charge in [-0.05, 0) is 34.9 Å². The Morgan fingerprint density at radius 2 is 1.90 bits per heavy atom. The van der Waals surface area contributed by atoms with Gasteiger partial charge in [-0.3, -0.25) is 4.99 Å². The van der Waals surface area contributed by atoms with E-state index in [-0.39, 0.29) is 5.56 Å². The molecule has 0 bridgehead atoms. The van der Waals surface area contributed by atoms with E-state index in [1.807, 2.05) is 35.0 Å². The zero-order valence-electron chi connectivity index (χ0n) is 16.0. The number of fused-ring (bicyclic) bond motifs is 2. The van der Waals surface area contributed by atoms with E-state index in [9.17, 15) is 18.3 Å². The number of halogens is 3. The van der Waals surface area contributed by atoms with Gasteiger partial charge in [0.15, 0.2) is 17.6 Å². The predicted molar refractivity (Wildman–Crippen MR) is 110 cm³/mol. The lowest BCUT2D eigenvalue weighted by atomic mass is 10.0. The highest BCUT2D eigenvalue weighted by atomic mass is 19.4. The Bertz CT molecular complexity index is 1290. The normalized spacial score (nSPS) is 14.1. The number of rotatable bonds is 4. The molecule has 0 spiro atoms. The third-order valence-corrected chi connectivity index (χ3v) is 5.10. The summed E-state index contributed by atoms with van der Waals surface area (Å²) in [6.45, 7) is 0.637. The fourth-order valence-corrected chi connectivity index (χ4v) is 3.50. The Kier molecular flexibility index (Phi) is 4.48. The van der Waals surface area contributed by atoms with E-state index in [4.69, 9.17) is 4.98 Å². The first-order valence-corrected chi connectivity index (χ1v) is 9.47. The fourth-order valence-electron chi connectivity index (χ4n) is 3.50. The Hall–Kier alpha value is -3.72. The van der Waals surface area contributed by atoms with Crippen LogP contribution in [0.25, 0.3) is 16.9 Å². The largest absolute Gasteiger partial charge is 0.418 e. The summed E-state index contributed by atoms with van der Waals surface area (Å²) in [5.41, 5.74) is 4.72. The molecule has 6 nitrogen and oxygen atoms in total. The van der Waals surface area contributed by atoms with E-state index >= 15 is 0 Å². The molecule has 0 amide bonds. The van der Waals surface area contributed by atoms with Gasteiger partial charge in [0.2, 0.25) is 0 Å². The SMILES string of the molecule is OC(c1ccc(Nc2nc(-c3ccc4c(c3)CN=C4)cn3ccnc23)cc1)C(F)(F)F. The molecule has 0 saturated carbocycles. The minimum atomic E-state index is -4.71. The maximum absolute atomic E-state index is 12.7. The smallest absolute Gasteiger partial charge is 0.379 e. The lowest BCUT2D eigenvalue weighted by Gasteiger charge is -2.15. The van der Waals surface area contributed by atoms with E-state index in [2.05, 4.69) is 15.3 Å². The van der Waals surface area contributed by atoms with Gasteiger partial charge >= 0.3 is 6.18 Å². The third kappa shape index (κ3) is 3.64. The van der Waals surface area contributed by atoms with Gasteiger partial charge in [0.25, 0.3) is 0 Å². The summed E-state index contributed by atoms with van der Waals surface area (Å²) in [5.74, 6) is 0.461. The van der Waals surface area contributed by atoms with Crippen LogP contribution in [0.2, 0.25) is 0 Å². The molecular weight excluding hydrogens is 407 g/mol. The van der Waals surface area contributed by atoms with Crippen molar-refractivity contribution in [2.75, 3.05) is 5.32 Å². The van der Waals surface area contributed by atoms with Gasteiger partial charge in [-0.25, -0.2) is 9.97 Å². The number of hydrogen-bond acceptors (Lipinski definition) is 5. The second-order valence-corrected chi connectivity index (χ2v) is 7.21. The van der Waals surface area contributed by atoms with Crippen molar-refractivity contribution < 1.29 is 18.3 Å². The van der Waals surface area contributed by atoms with Crippen molar-refractivity contribution in [2.45, 2.75) is 18.8 Å². The van der Waals surface area contributed by atoms with Crippen molar-refractivity contribution in [3.8, 4) is 11.3 Å². The first kappa shape index (κ1) is 19.3. The second-order valence-electron chi connectivity index (χ2n) is 7.21. The van der Waals surface area contributed by atoms with E-state index in [0.717, 1.165) is 16.7 Å². The maximum atomic E-state index is 12.7. The molecule has 1 aliphatic heterocycles. The van der Waals surface area contributed by atoms with Crippen LogP contribution < -0.4 is 5.32 Å². The molecule has 2 aromatic heterocycles. The molecule has 0 aliphatic carbocycles. The molecular formula is C22H16F3N5O. The average molecular weight is 423 g/mol. The topological polar surface area (TPSA) is 74.8 Å². The molecule has 5 rings (SSSR count). The van der Waals surface area contributed by atoms with E-state index in [1.165, 1.54) is 24.3 Å². The molecule has 2 aromatic carbocycles. The van der Waals surface area contributed by atoms with Gasteiger partial charge in [-0.15, -0.1) is 0 Å². The Labute approximate surface area is 174 Å². The van der Waals surface area contributed by atoms with E-state index in [1.54, 1.807) is 12.4 Å². The number of alkyl halides is 3. The van der Waals surface area contributed by atoms with Crippen molar-refractivity contribution in [1.82, 2.24) is 14.4 Å². The minimum absolute atomic E-state index is 0.230. The fraction of sp³-hybridized carbons (Fsp3) is 0.136. The van der Waals surface area contributed by atoms with Crippen LogP contribution in [0.3, 0.4) is 0 Å². The summed E-state index contributed by atoms with van der Waals surface area (Å²) in [7, 11) is 0. The number of aliphatic hydroxyl groups excluding tert-OH is 1. The summed E-state index contributed by atoms with van der Waals surface area (Å²) in [6, 6.07) is 11.4. The van der Waals surface area contributed by atoms with Crippen molar-refractivity contribution in [3.05, 3.63) is 77.7 Å². The summed E-state index contributed by atoms with van der Waals surface area (Å²) < 4.78 is 40.0. The molecule has 1 atom stereocenters. The number of nitrogens with zero attached hydrogens (tertiary/aromatic N) is 4. The van der Waals surface area contributed by atoms with Gasteiger partial charge in [0.1, 0.15) is 0 Å². The highest BCUT2D eigenvalue weighted by molar-refractivity contribution is 5.86. The third-order valence-electron chi connectivity index (χ3n) is 5.10. The highest BCUT2D eigenvalue weighted by Crippen LogP contribution is 2.33. The van der Waals surface area contributed by atoms with Crippen LogP contribution >= 0.6 is 0 Å². The second kappa shape index (κ2) is 7.21. The predicted octanol–water partition coefficient (Wildman–Crippen LogP) is 4.67. The summed E-state index contributed by atoms with van der Waals surface area (Å²) >= 11 is 0. The summed E-state index contributed by atoms with van der Waals surface area (Å²) in [4.78, 5) is 13.3. The van der Waals surface area contributed by atoms with Crippen LogP contribution in [0.5, 0.6) is 0 Å². The zero-order valence-corrected chi connectivity index (χ0v) is 16.0. The maximum Gasteiger partial charge on any atom is 0.418 e.